The van der Waals surface area contributed by atoms with Crippen LogP contribution in [0.1, 0.15) is 54.4 Å². The zero-order chi connectivity index (χ0) is 9.72. The smallest absolute Gasteiger partial charge is 0.0414 e. The number of hydrogen-bond donors (Lipinski definition) is 0. The normalized spacial score (nSPS) is 19.2. The van der Waals surface area contributed by atoms with Crippen LogP contribution in [0.3, 0.4) is 0 Å². The minimum Gasteiger partial charge on any atom is -0.0651 e. The lowest BCUT2D eigenvalue weighted by atomic mass is 9.82. The quantitative estimate of drug-likeness (QED) is 0.575. The Bertz CT molecular complexity index is 105. The third kappa shape index (κ3) is 4.13. The van der Waals surface area contributed by atoms with Gasteiger partial charge in [-0.05, 0) is 30.1 Å². The molecule has 12 heavy (non-hydrogen) atoms. The van der Waals surface area contributed by atoms with E-state index in [9.17, 15) is 0 Å². The summed E-state index contributed by atoms with van der Waals surface area (Å²) < 4.78 is 0. The standard InChI is InChI=1S/C12H26/c1-7-10(4)12(6)8-11(5)9(2)3/h9-12H,7-8H2,1-6H3. The Morgan fingerprint density at radius 1 is 0.750 bits per heavy atom. The topological polar surface area (TPSA) is 0 Å². The van der Waals surface area contributed by atoms with E-state index in [1.807, 2.05) is 0 Å². The fourth-order valence-electron chi connectivity index (χ4n) is 1.49. The largest absolute Gasteiger partial charge is 0.0651 e. The zero-order valence-electron chi connectivity index (χ0n) is 9.72. The molecule has 0 N–H and O–H groups in total. The molecule has 0 amide bonds. The van der Waals surface area contributed by atoms with Crippen molar-refractivity contribution in [3.05, 3.63) is 0 Å². The molecule has 0 aromatic carbocycles. The van der Waals surface area contributed by atoms with Crippen LogP contribution in [-0.2, 0) is 0 Å². The van der Waals surface area contributed by atoms with Gasteiger partial charge in [0, 0.05) is 0 Å². The molecule has 74 valence electrons. The average molecular weight is 170 g/mol. The van der Waals surface area contributed by atoms with Crippen molar-refractivity contribution in [3.8, 4) is 0 Å². The Morgan fingerprint density at radius 2 is 1.25 bits per heavy atom. The first kappa shape index (κ1) is 12.0. The van der Waals surface area contributed by atoms with Crippen LogP contribution in [0.15, 0.2) is 0 Å². The SMILES string of the molecule is CCC(C)C(C)CC(C)C(C)C. The molecule has 0 saturated carbocycles. The highest BCUT2D eigenvalue weighted by atomic mass is 14.2. The van der Waals surface area contributed by atoms with Crippen molar-refractivity contribution in [2.75, 3.05) is 0 Å². The van der Waals surface area contributed by atoms with Crippen LogP contribution in [0.2, 0.25) is 0 Å². The van der Waals surface area contributed by atoms with Gasteiger partial charge >= 0.3 is 0 Å². The Labute approximate surface area is 78.8 Å². The molecular formula is C12H26. The Morgan fingerprint density at radius 3 is 1.58 bits per heavy atom. The second-order valence-corrected chi connectivity index (χ2v) is 4.82. The molecular weight excluding hydrogens is 144 g/mol. The molecule has 0 aromatic heterocycles. The van der Waals surface area contributed by atoms with E-state index < -0.39 is 0 Å². The highest BCUT2D eigenvalue weighted by Crippen LogP contribution is 2.25. The van der Waals surface area contributed by atoms with E-state index in [0.717, 1.165) is 23.7 Å². The summed E-state index contributed by atoms with van der Waals surface area (Å²) in [6, 6.07) is 0. The van der Waals surface area contributed by atoms with E-state index in [1.165, 1.54) is 12.8 Å². The van der Waals surface area contributed by atoms with Crippen molar-refractivity contribution in [2.45, 2.75) is 54.4 Å². The fraction of sp³-hybridized carbons (Fsp3) is 1.00. The van der Waals surface area contributed by atoms with Crippen LogP contribution in [-0.4, -0.2) is 0 Å². The van der Waals surface area contributed by atoms with Crippen molar-refractivity contribution in [2.24, 2.45) is 23.7 Å². The first-order valence-electron chi connectivity index (χ1n) is 5.49. The van der Waals surface area contributed by atoms with Crippen molar-refractivity contribution in [1.29, 1.82) is 0 Å². The summed E-state index contributed by atoms with van der Waals surface area (Å²) in [6.07, 6.45) is 2.72. The second-order valence-electron chi connectivity index (χ2n) is 4.82. The van der Waals surface area contributed by atoms with Gasteiger partial charge in [0.1, 0.15) is 0 Å². The van der Waals surface area contributed by atoms with Gasteiger partial charge in [-0.3, -0.25) is 0 Å². The fourth-order valence-corrected chi connectivity index (χ4v) is 1.49. The molecule has 0 radical (unpaired) electrons. The van der Waals surface area contributed by atoms with Gasteiger partial charge in [-0.15, -0.1) is 0 Å². The molecule has 3 atom stereocenters. The molecule has 0 bridgehead atoms. The molecule has 0 heteroatoms. The van der Waals surface area contributed by atoms with Gasteiger partial charge in [0.25, 0.3) is 0 Å². The van der Waals surface area contributed by atoms with Gasteiger partial charge in [0.15, 0.2) is 0 Å². The van der Waals surface area contributed by atoms with Crippen LogP contribution >= 0.6 is 0 Å². The molecule has 0 aliphatic heterocycles. The summed E-state index contributed by atoms with van der Waals surface area (Å²) in [5.41, 5.74) is 0. The molecule has 0 heterocycles. The van der Waals surface area contributed by atoms with Crippen LogP contribution < -0.4 is 0 Å². The minimum absolute atomic E-state index is 0.844. The average Bonchev–Trinajstić information content (AvgIpc) is 2.02. The summed E-state index contributed by atoms with van der Waals surface area (Å²) in [5.74, 6) is 3.52. The van der Waals surface area contributed by atoms with Gasteiger partial charge in [-0.2, -0.15) is 0 Å². The molecule has 0 fully saturated rings. The molecule has 0 aliphatic rings. The molecule has 0 nitrogen and oxygen atoms in total. The monoisotopic (exact) mass is 170 g/mol. The second kappa shape index (κ2) is 5.61. The lowest BCUT2D eigenvalue weighted by Crippen LogP contribution is -2.14. The number of rotatable bonds is 5. The van der Waals surface area contributed by atoms with Gasteiger partial charge in [-0.25, -0.2) is 0 Å². The molecule has 0 spiro atoms. The lowest BCUT2D eigenvalue weighted by Gasteiger charge is -2.24. The number of hydrogen-bond acceptors (Lipinski definition) is 0. The summed E-state index contributed by atoms with van der Waals surface area (Å²) >= 11 is 0. The maximum atomic E-state index is 2.40. The van der Waals surface area contributed by atoms with E-state index in [2.05, 4.69) is 41.5 Å². The maximum Gasteiger partial charge on any atom is -0.0414 e. The zero-order valence-corrected chi connectivity index (χ0v) is 9.72. The molecule has 0 aliphatic carbocycles. The summed E-state index contributed by atoms with van der Waals surface area (Å²) in [4.78, 5) is 0. The van der Waals surface area contributed by atoms with Crippen molar-refractivity contribution < 1.29 is 0 Å². The van der Waals surface area contributed by atoms with Crippen LogP contribution in [0.25, 0.3) is 0 Å². The van der Waals surface area contributed by atoms with E-state index >= 15 is 0 Å². The van der Waals surface area contributed by atoms with Crippen molar-refractivity contribution in [1.82, 2.24) is 0 Å². The van der Waals surface area contributed by atoms with E-state index in [-0.39, 0.29) is 0 Å². The molecule has 0 aromatic rings. The molecule has 3 unspecified atom stereocenters. The van der Waals surface area contributed by atoms with Gasteiger partial charge in [-0.1, -0.05) is 48.0 Å². The highest BCUT2D eigenvalue weighted by molar-refractivity contribution is 4.66. The van der Waals surface area contributed by atoms with Crippen LogP contribution in [0.4, 0.5) is 0 Å². The van der Waals surface area contributed by atoms with E-state index in [1.54, 1.807) is 0 Å². The Balaban J connectivity index is 3.75. The third-order valence-corrected chi connectivity index (χ3v) is 3.50. The lowest BCUT2D eigenvalue weighted by molar-refractivity contribution is 0.268. The Kier molecular flexibility index (Phi) is 5.61. The highest BCUT2D eigenvalue weighted by Gasteiger charge is 2.15. The predicted molar refractivity (Wildman–Crippen MR) is 57.2 cm³/mol. The molecule has 0 saturated heterocycles. The van der Waals surface area contributed by atoms with E-state index in [4.69, 9.17) is 0 Å². The summed E-state index contributed by atoms with van der Waals surface area (Å²) in [6.45, 7) is 14.1. The van der Waals surface area contributed by atoms with Crippen molar-refractivity contribution >= 4 is 0 Å². The van der Waals surface area contributed by atoms with Gasteiger partial charge in [0.05, 0.1) is 0 Å². The third-order valence-electron chi connectivity index (χ3n) is 3.50. The van der Waals surface area contributed by atoms with E-state index in [0.29, 0.717) is 0 Å². The van der Waals surface area contributed by atoms with Gasteiger partial charge < -0.3 is 0 Å². The van der Waals surface area contributed by atoms with Gasteiger partial charge in [0.2, 0.25) is 0 Å². The minimum atomic E-state index is 0.844. The first-order valence-corrected chi connectivity index (χ1v) is 5.49. The van der Waals surface area contributed by atoms with Crippen LogP contribution in [0.5, 0.6) is 0 Å². The Hall–Kier alpha value is 0. The predicted octanol–water partition coefficient (Wildman–Crippen LogP) is 4.35. The summed E-state index contributed by atoms with van der Waals surface area (Å²) in [5, 5.41) is 0. The summed E-state index contributed by atoms with van der Waals surface area (Å²) in [7, 11) is 0. The van der Waals surface area contributed by atoms with Crippen LogP contribution in [0, 0.1) is 23.7 Å². The molecule has 0 rings (SSSR count). The van der Waals surface area contributed by atoms with Crippen molar-refractivity contribution in [3.63, 3.8) is 0 Å². The first-order chi connectivity index (χ1) is 5.49. The maximum absolute atomic E-state index is 2.40.